The maximum absolute atomic E-state index is 12.2. The largest absolute Gasteiger partial charge is 0.318 e. The van der Waals surface area contributed by atoms with Gasteiger partial charge in [-0.1, -0.05) is 41.4 Å². The Bertz CT molecular complexity index is 717. The summed E-state index contributed by atoms with van der Waals surface area (Å²) in [7, 11) is 0. The lowest BCUT2D eigenvalue weighted by Gasteiger charge is -2.46. The van der Waals surface area contributed by atoms with Gasteiger partial charge < -0.3 is 10.6 Å². The van der Waals surface area contributed by atoms with Crippen LogP contribution < -0.4 is 10.6 Å². The molecular weight excluding hydrogens is 307 g/mol. The first-order valence-electron chi connectivity index (χ1n) is 6.59. The van der Waals surface area contributed by atoms with Crippen LogP contribution in [-0.2, 0) is 4.79 Å². The van der Waals surface area contributed by atoms with Gasteiger partial charge in [-0.05, 0) is 42.3 Å². The smallest absolute Gasteiger partial charge is 0.247 e. The van der Waals surface area contributed by atoms with Gasteiger partial charge in [-0.3, -0.25) is 4.79 Å². The van der Waals surface area contributed by atoms with E-state index in [4.69, 9.17) is 28.9 Å². The summed E-state index contributed by atoms with van der Waals surface area (Å²) in [6, 6.07) is 12.2. The van der Waals surface area contributed by atoms with Gasteiger partial charge in [-0.15, -0.1) is 0 Å². The molecular formula is C16H14Cl2N2O. The van der Waals surface area contributed by atoms with Crippen molar-refractivity contribution in [3.63, 3.8) is 0 Å². The lowest BCUT2D eigenvalue weighted by Crippen LogP contribution is -2.63. The molecule has 1 amide bonds. The SMILES string of the molecule is Cc1cccc(N2C(=O)[C@@H](N)[C@H]2c2ccc(Cl)cc2Cl)c1. The number of rotatable bonds is 2. The minimum absolute atomic E-state index is 0.100. The number of hydrogen-bond acceptors (Lipinski definition) is 2. The summed E-state index contributed by atoms with van der Waals surface area (Å²) in [5, 5.41) is 1.08. The standard InChI is InChI=1S/C16H14Cl2N2O/c1-9-3-2-4-11(7-9)20-15(14(19)16(20)21)12-6-5-10(17)8-13(12)18/h2-8,14-15H,19H2,1H3/t14-,15+/m0/s1. The van der Waals surface area contributed by atoms with Crippen LogP contribution in [0.15, 0.2) is 42.5 Å². The molecule has 0 aliphatic carbocycles. The number of β-lactam (4-membered cyclic amide) rings is 1. The third kappa shape index (κ3) is 2.42. The lowest BCUT2D eigenvalue weighted by atomic mass is 9.88. The summed E-state index contributed by atoms with van der Waals surface area (Å²) in [6.07, 6.45) is 0. The number of hydrogen-bond donors (Lipinski definition) is 1. The van der Waals surface area contributed by atoms with E-state index >= 15 is 0 Å². The Labute approximate surface area is 133 Å². The minimum atomic E-state index is -0.579. The molecule has 0 spiro atoms. The van der Waals surface area contributed by atoms with Gasteiger partial charge in [-0.2, -0.15) is 0 Å². The monoisotopic (exact) mass is 320 g/mol. The molecule has 3 nitrogen and oxygen atoms in total. The molecule has 2 N–H and O–H groups in total. The molecule has 5 heteroatoms. The Balaban J connectivity index is 2.02. The fourth-order valence-electron chi connectivity index (χ4n) is 2.65. The second kappa shape index (κ2) is 5.34. The van der Waals surface area contributed by atoms with E-state index in [1.807, 2.05) is 37.3 Å². The van der Waals surface area contributed by atoms with Crippen molar-refractivity contribution in [1.82, 2.24) is 0 Å². The van der Waals surface area contributed by atoms with Crippen molar-refractivity contribution in [3.8, 4) is 0 Å². The van der Waals surface area contributed by atoms with E-state index in [-0.39, 0.29) is 11.9 Å². The number of carbonyl (C=O) groups excluding carboxylic acids is 1. The molecule has 0 unspecified atom stereocenters. The highest BCUT2D eigenvalue weighted by Crippen LogP contribution is 2.41. The van der Waals surface area contributed by atoms with E-state index in [2.05, 4.69) is 0 Å². The van der Waals surface area contributed by atoms with Gasteiger partial charge >= 0.3 is 0 Å². The zero-order valence-electron chi connectivity index (χ0n) is 11.4. The van der Waals surface area contributed by atoms with E-state index in [1.165, 1.54) is 0 Å². The van der Waals surface area contributed by atoms with E-state index in [1.54, 1.807) is 17.0 Å². The van der Waals surface area contributed by atoms with Gasteiger partial charge in [-0.25, -0.2) is 0 Å². The van der Waals surface area contributed by atoms with Crippen LogP contribution in [0.2, 0.25) is 10.0 Å². The fraction of sp³-hybridized carbons (Fsp3) is 0.188. The van der Waals surface area contributed by atoms with Crippen LogP contribution in [0, 0.1) is 6.92 Å². The van der Waals surface area contributed by atoms with Crippen molar-refractivity contribution in [2.75, 3.05) is 4.90 Å². The Morgan fingerprint density at radius 3 is 2.57 bits per heavy atom. The first kappa shape index (κ1) is 14.4. The number of nitrogens with two attached hydrogens (primary N) is 1. The number of benzene rings is 2. The second-order valence-electron chi connectivity index (χ2n) is 5.18. The van der Waals surface area contributed by atoms with Crippen LogP contribution in [0.25, 0.3) is 0 Å². The van der Waals surface area contributed by atoms with Crippen molar-refractivity contribution >= 4 is 34.8 Å². The number of amides is 1. The molecule has 0 bridgehead atoms. The highest BCUT2D eigenvalue weighted by atomic mass is 35.5. The van der Waals surface area contributed by atoms with Gasteiger partial charge in [0.2, 0.25) is 5.91 Å². The average molecular weight is 321 g/mol. The molecule has 0 radical (unpaired) electrons. The summed E-state index contributed by atoms with van der Waals surface area (Å²) in [5.41, 5.74) is 8.72. The van der Waals surface area contributed by atoms with Crippen LogP contribution in [-0.4, -0.2) is 11.9 Å². The van der Waals surface area contributed by atoms with Gasteiger partial charge in [0.25, 0.3) is 0 Å². The molecule has 21 heavy (non-hydrogen) atoms. The summed E-state index contributed by atoms with van der Waals surface area (Å²) < 4.78 is 0. The number of carbonyl (C=O) groups is 1. The number of aryl methyl sites for hydroxylation is 1. The third-order valence-corrected chi connectivity index (χ3v) is 4.26. The summed E-state index contributed by atoms with van der Waals surface area (Å²) in [5.74, 6) is -0.100. The number of anilines is 1. The molecule has 2 aromatic rings. The van der Waals surface area contributed by atoms with Crippen molar-refractivity contribution in [2.45, 2.75) is 19.0 Å². The first-order chi connectivity index (χ1) is 9.99. The topological polar surface area (TPSA) is 46.3 Å². The number of halogens is 2. The first-order valence-corrected chi connectivity index (χ1v) is 7.35. The molecule has 1 aliphatic heterocycles. The van der Waals surface area contributed by atoms with E-state index < -0.39 is 6.04 Å². The molecule has 3 rings (SSSR count). The van der Waals surface area contributed by atoms with Crippen molar-refractivity contribution in [1.29, 1.82) is 0 Å². The van der Waals surface area contributed by atoms with Crippen LogP contribution in [0.4, 0.5) is 5.69 Å². The van der Waals surface area contributed by atoms with Crippen molar-refractivity contribution in [2.24, 2.45) is 5.73 Å². The quantitative estimate of drug-likeness (QED) is 0.857. The van der Waals surface area contributed by atoms with Crippen LogP contribution in [0.5, 0.6) is 0 Å². The Kier molecular flexibility index (Phi) is 3.66. The fourth-order valence-corrected chi connectivity index (χ4v) is 3.17. The number of nitrogens with zero attached hydrogens (tertiary/aromatic N) is 1. The molecule has 2 aromatic carbocycles. The predicted molar refractivity (Wildman–Crippen MR) is 85.8 cm³/mol. The molecule has 1 heterocycles. The van der Waals surface area contributed by atoms with Crippen LogP contribution in [0.1, 0.15) is 17.2 Å². The normalized spacial score (nSPS) is 21.3. The maximum atomic E-state index is 12.2. The van der Waals surface area contributed by atoms with Crippen molar-refractivity contribution < 1.29 is 4.79 Å². The lowest BCUT2D eigenvalue weighted by molar-refractivity contribution is -0.126. The molecule has 1 aliphatic rings. The minimum Gasteiger partial charge on any atom is -0.318 e. The highest BCUT2D eigenvalue weighted by Gasteiger charge is 2.47. The van der Waals surface area contributed by atoms with Gasteiger partial charge in [0.15, 0.2) is 0 Å². The van der Waals surface area contributed by atoms with E-state index in [0.29, 0.717) is 10.0 Å². The van der Waals surface area contributed by atoms with Gasteiger partial charge in [0.05, 0.1) is 6.04 Å². The Morgan fingerprint density at radius 1 is 1.14 bits per heavy atom. The molecule has 1 saturated heterocycles. The molecule has 0 saturated carbocycles. The Morgan fingerprint density at radius 2 is 1.90 bits per heavy atom. The highest BCUT2D eigenvalue weighted by molar-refractivity contribution is 6.35. The second-order valence-corrected chi connectivity index (χ2v) is 6.03. The van der Waals surface area contributed by atoms with Crippen molar-refractivity contribution in [3.05, 3.63) is 63.6 Å². The third-order valence-electron chi connectivity index (χ3n) is 3.70. The zero-order chi connectivity index (χ0) is 15.1. The predicted octanol–water partition coefficient (Wildman–Crippen LogP) is 3.72. The maximum Gasteiger partial charge on any atom is 0.247 e. The Hall–Kier alpha value is -1.55. The van der Waals surface area contributed by atoms with Crippen LogP contribution in [0.3, 0.4) is 0 Å². The molecule has 108 valence electrons. The molecule has 2 atom stereocenters. The molecule has 1 fully saturated rings. The van der Waals surface area contributed by atoms with E-state index in [0.717, 1.165) is 16.8 Å². The molecule has 0 aromatic heterocycles. The summed E-state index contributed by atoms with van der Waals surface area (Å²) in [4.78, 5) is 13.9. The van der Waals surface area contributed by atoms with Crippen LogP contribution >= 0.6 is 23.2 Å². The summed E-state index contributed by atoms with van der Waals surface area (Å²) in [6.45, 7) is 1.98. The summed E-state index contributed by atoms with van der Waals surface area (Å²) >= 11 is 12.2. The van der Waals surface area contributed by atoms with E-state index in [9.17, 15) is 4.79 Å². The van der Waals surface area contributed by atoms with Gasteiger partial charge in [0, 0.05) is 15.7 Å². The average Bonchev–Trinajstić information content (AvgIpc) is 2.45. The zero-order valence-corrected chi connectivity index (χ0v) is 12.9. The van der Waals surface area contributed by atoms with Gasteiger partial charge in [0.1, 0.15) is 6.04 Å².